The zero-order valence-corrected chi connectivity index (χ0v) is 9.89. The Morgan fingerprint density at radius 2 is 1.44 bits per heavy atom. The maximum atomic E-state index is 2.55. The average molecular weight is 213 g/mol. The van der Waals surface area contributed by atoms with Gasteiger partial charge in [-0.2, -0.15) is 0 Å². The van der Waals surface area contributed by atoms with Gasteiger partial charge in [0.25, 0.3) is 0 Å². The number of benzene rings is 1. The van der Waals surface area contributed by atoms with Crippen LogP contribution < -0.4 is 0 Å². The van der Waals surface area contributed by atoms with E-state index in [1.165, 1.54) is 25.9 Å². The fourth-order valence-corrected chi connectivity index (χ4v) is 4.66. The molecule has 1 aromatic rings. The highest BCUT2D eigenvalue weighted by molar-refractivity contribution is 5.40. The summed E-state index contributed by atoms with van der Waals surface area (Å²) >= 11 is 0. The molecular weight excluding hydrogens is 194 g/mol. The molecule has 5 rings (SSSR count). The lowest BCUT2D eigenvalue weighted by Gasteiger charge is -2.46. The molecule has 0 radical (unpaired) electrons. The van der Waals surface area contributed by atoms with Crippen molar-refractivity contribution in [1.29, 1.82) is 0 Å². The highest BCUT2D eigenvalue weighted by Gasteiger charge is 2.49. The Hall–Kier alpha value is -0.820. The van der Waals surface area contributed by atoms with Crippen molar-refractivity contribution in [3.63, 3.8) is 0 Å². The second-order valence-corrected chi connectivity index (χ2v) is 5.97. The smallest absolute Gasteiger partial charge is 0.00159 e. The summed E-state index contributed by atoms with van der Waals surface area (Å²) in [4.78, 5) is 2.55. The monoisotopic (exact) mass is 213 g/mol. The molecule has 1 saturated carbocycles. The predicted octanol–water partition coefficient (Wildman–Crippen LogP) is 2.84. The van der Waals surface area contributed by atoms with E-state index in [1.807, 2.05) is 0 Å². The summed E-state index contributed by atoms with van der Waals surface area (Å²) in [6.45, 7) is 2.67. The van der Waals surface area contributed by atoms with Crippen LogP contribution in [0.25, 0.3) is 0 Å². The van der Waals surface area contributed by atoms with Gasteiger partial charge in [-0.05, 0) is 54.7 Å². The van der Waals surface area contributed by atoms with E-state index in [4.69, 9.17) is 0 Å². The van der Waals surface area contributed by atoms with Gasteiger partial charge in [-0.3, -0.25) is 0 Å². The Bertz CT molecular complexity index is 386. The molecule has 2 bridgehead atoms. The number of likely N-dealkylation sites (tertiary alicyclic amines) is 1. The van der Waals surface area contributed by atoms with Gasteiger partial charge >= 0.3 is 0 Å². The van der Waals surface area contributed by atoms with Crippen molar-refractivity contribution in [3.05, 3.63) is 35.4 Å². The molecule has 0 spiro atoms. The highest BCUT2D eigenvalue weighted by Crippen LogP contribution is 2.57. The van der Waals surface area contributed by atoms with Crippen LogP contribution in [0.5, 0.6) is 0 Å². The normalized spacial score (nSPS) is 40.8. The lowest BCUT2D eigenvalue weighted by atomic mass is 9.57. The summed E-state index contributed by atoms with van der Waals surface area (Å²) in [6.07, 6.45) is 2.88. The second kappa shape index (κ2) is 3.10. The lowest BCUT2D eigenvalue weighted by molar-refractivity contribution is 0.197. The number of rotatable bonds is 0. The average Bonchev–Trinajstić information content (AvgIpc) is 2.72. The molecule has 1 nitrogen and oxygen atoms in total. The summed E-state index contributed by atoms with van der Waals surface area (Å²) < 4.78 is 0. The minimum absolute atomic E-state index is 0.871. The van der Waals surface area contributed by atoms with Crippen LogP contribution in [0.3, 0.4) is 0 Å². The van der Waals surface area contributed by atoms with Crippen molar-refractivity contribution in [1.82, 2.24) is 4.90 Å². The highest BCUT2D eigenvalue weighted by atomic mass is 15.1. The molecule has 3 aliphatic carbocycles. The third-order valence-electron chi connectivity index (χ3n) is 5.21. The van der Waals surface area contributed by atoms with Crippen molar-refractivity contribution in [2.24, 2.45) is 11.8 Å². The zero-order chi connectivity index (χ0) is 10.7. The van der Waals surface area contributed by atoms with Gasteiger partial charge < -0.3 is 4.90 Å². The Labute approximate surface area is 97.5 Å². The lowest BCUT2D eigenvalue weighted by Crippen LogP contribution is -2.37. The minimum atomic E-state index is 0.871. The predicted molar refractivity (Wildman–Crippen MR) is 65.6 cm³/mol. The number of hydrogen-bond acceptors (Lipinski definition) is 1. The molecule has 4 atom stereocenters. The number of fused-ring (bicyclic) bond motifs is 1. The van der Waals surface area contributed by atoms with Crippen molar-refractivity contribution in [2.75, 3.05) is 20.1 Å². The van der Waals surface area contributed by atoms with E-state index in [9.17, 15) is 0 Å². The maximum Gasteiger partial charge on any atom is 0.00159 e. The molecule has 1 aromatic carbocycles. The van der Waals surface area contributed by atoms with Gasteiger partial charge in [0.05, 0.1) is 0 Å². The first-order valence-electron chi connectivity index (χ1n) is 6.62. The third-order valence-corrected chi connectivity index (χ3v) is 5.21. The Balaban J connectivity index is 1.85. The van der Waals surface area contributed by atoms with E-state index < -0.39 is 0 Å². The first-order valence-corrected chi connectivity index (χ1v) is 6.62. The van der Waals surface area contributed by atoms with Gasteiger partial charge in [0.2, 0.25) is 0 Å². The molecule has 1 heterocycles. The van der Waals surface area contributed by atoms with E-state index in [2.05, 4.69) is 36.2 Å². The van der Waals surface area contributed by atoms with Crippen LogP contribution in [0.15, 0.2) is 24.3 Å². The van der Waals surface area contributed by atoms with Crippen molar-refractivity contribution in [2.45, 2.75) is 24.7 Å². The molecule has 0 aromatic heterocycles. The van der Waals surface area contributed by atoms with E-state index >= 15 is 0 Å². The summed E-state index contributed by atoms with van der Waals surface area (Å²) in [7, 11) is 2.29. The van der Waals surface area contributed by atoms with Crippen molar-refractivity contribution < 1.29 is 0 Å². The molecule has 1 heteroatoms. The van der Waals surface area contributed by atoms with E-state index in [1.54, 1.807) is 11.1 Å². The van der Waals surface area contributed by atoms with Crippen LogP contribution in [0.2, 0.25) is 0 Å². The largest absolute Gasteiger partial charge is 0.306 e. The first-order chi connectivity index (χ1) is 7.84. The van der Waals surface area contributed by atoms with Crippen LogP contribution in [-0.2, 0) is 0 Å². The zero-order valence-electron chi connectivity index (χ0n) is 9.89. The quantitative estimate of drug-likeness (QED) is 0.640. The van der Waals surface area contributed by atoms with Crippen LogP contribution in [0.4, 0.5) is 0 Å². The Morgan fingerprint density at radius 3 is 1.94 bits per heavy atom. The van der Waals surface area contributed by atoms with Gasteiger partial charge in [0.1, 0.15) is 0 Å². The fourth-order valence-electron chi connectivity index (χ4n) is 4.66. The number of nitrogens with zero attached hydrogens (tertiary/aromatic N) is 1. The van der Waals surface area contributed by atoms with Crippen molar-refractivity contribution >= 4 is 0 Å². The van der Waals surface area contributed by atoms with E-state index in [0.717, 1.165) is 23.7 Å². The molecule has 4 unspecified atom stereocenters. The summed E-state index contributed by atoms with van der Waals surface area (Å²) in [5.74, 6) is 3.66. The van der Waals surface area contributed by atoms with Crippen LogP contribution in [0.1, 0.15) is 35.8 Å². The number of hydrogen-bond donors (Lipinski definition) is 0. The molecule has 2 fully saturated rings. The Morgan fingerprint density at radius 1 is 0.938 bits per heavy atom. The first kappa shape index (κ1) is 9.23. The van der Waals surface area contributed by atoms with Gasteiger partial charge in [0.15, 0.2) is 0 Å². The second-order valence-electron chi connectivity index (χ2n) is 5.97. The molecule has 1 aliphatic heterocycles. The van der Waals surface area contributed by atoms with Crippen LogP contribution >= 0.6 is 0 Å². The molecule has 16 heavy (non-hydrogen) atoms. The standard InChI is InChI=1S/C15H19N/c1-16-8-14-12-6-7-13(15(14)9-16)11-5-3-2-4-10(11)12/h2-5,12-15H,6-9H2,1H3. The molecule has 84 valence electrons. The van der Waals surface area contributed by atoms with Crippen molar-refractivity contribution in [3.8, 4) is 0 Å². The molecule has 4 aliphatic rings. The fraction of sp³-hybridized carbons (Fsp3) is 0.600. The van der Waals surface area contributed by atoms with Gasteiger partial charge in [-0.15, -0.1) is 0 Å². The third kappa shape index (κ3) is 1.05. The SMILES string of the molecule is CN1CC2C3CCC(c4ccccc43)C2C1. The van der Waals surface area contributed by atoms with Crippen LogP contribution in [-0.4, -0.2) is 25.0 Å². The van der Waals surface area contributed by atoms with E-state index in [-0.39, 0.29) is 0 Å². The molecule has 0 amide bonds. The molecule has 0 N–H and O–H groups in total. The maximum absolute atomic E-state index is 2.55. The summed E-state index contributed by atoms with van der Waals surface area (Å²) in [6, 6.07) is 9.24. The summed E-state index contributed by atoms with van der Waals surface area (Å²) in [5, 5.41) is 0. The Kier molecular flexibility index (Phi) is 1.79. The van der Waals surface area contributed by atoms with Gasteiger partial charge in [-0.1, -0.05) is 24.3 Å². The van der Waals surface area contributed by atoms with Gasteiger partial charge in [0, 0.05) is 13.1 Å². The topological polar surface area (TPSA) is 3.24 Å². The van der Waals surface area contributed by atoms with Crippen LogP contribution in [0, 0.1) is 11.8 Å². The van der Waals surface area contributed by atoms with E-state index in [0.29, 0.717) is 0 Å². The summed E-state index contributed by atoms with van der Waals surface area (Å²) in [5.41, 5.74) is 3.38. The van der Waals surface area contributed by atoms with Gasteiger partial charge in [-0.25, -0.2) is 0 Å². The minimum Gasteiger partial charge on any atom is -0.306 e. The molecule has 1 saturated heterocycles. The molecular formula is C15H19N.